The summed E-state index contributed by atoms with van der Waals surface area (Å²) in [5, 5.41) is 10.3. The number of unbranched alkanes of at least 4 members (excludes halogenated alkanes) is 1. The molecule has 1 aromatic heterocycles. The van der Waals surface area contributed by atoms with Gasteiger partial charge >= 0.3 is 0 Å². The number of hydrogen-bond acceptors (Lipinski definition) is 6. The summed E-state index contributed by atoms with van der Waals surface area (Å²) in [7, 11) is 0. The molecule has 1 aliphatic rings. The fourth-order valence-electron chi connectivity index (χ4n) is 1.89. The highest BCUT2D eigenvalue weighted by atomic mass is 32.2. The van der Waals surface area contributed by atoms with Crippen LogP contribution in [0.2, 0.25) is 0 Å². The number of carbonyl (C=O) groups is 2. The Hall–Kier alpha value is -1.60. The minimum atomic E-state index is -1.08. The zero-order valence-electron chi connectivity index (χ0n) is 11.5. The SMILES string of the molecule is Cc1ccc(/C=C2/SC(=S)N(CCCCC(=O)[O-])C2=O)o1. The molecule has 0 radical (unpaired) electrons. The largest absolute Gasteiger partial charge is 0.550 e. The van der Waals surface area contributed by atoms with Crippen molar-refractivity contribution in [3.63, 3.8) is 0 Å². The van der Waals surface area contributed by atoms with Crippen molar-refractivity contribution in [2.75, 3.05) is 6.54 Å². The van der Waals surface area contributed by atoms with Crippen LogP contribution in [0.25, 0.3) is 6.08 Å². The lowest BCUT2D eigenvalue weighted by Crippen LogP contribution is -2.29. The Labute approximate surface area is 132 Å². The molecular weight excluding hydrogens is 310 g/mol. The number of carbonyl (C=O) groups excluding carboxylic acids is 2. The predicted molar refractivity (Wildman–Crippen MR) is 82.2 cm³/mol. The number of thiocarbonyl (C=S) groups is 1. The summed E-state index contributed by atoms with van der Waals surface area (Å²) in [4.78, 5) is 24.6. The summed E-state index contributed by atoms with van der Waals surface area (Å²) < 4.78 is 5.90. The standard InChI is InChI=1S/C14H15NO4S2/c1-9-5-6-10(19-9)8-11-13(18)15(14(20)21-11)7-3-2-4-12(16)17/h5-6,8H,2-4,7H2,1H3,(H,16,17)/p-1/b11-8+. The average Bonchev–Trinajstić information content (AvgIpc) is 2.92. The smallest absolute Gasteiger partial charge is 0.266 e. The van der Waals surface area contributed by atoms with E-state index >= 15 is 0 Å². The second kappa shape index (κ2) is 6.91. The van der Waals surface area contributed by atoms with Crippen molar-refractivity contribution < 1.29 is 19.1 Å². The Morgan fingerprint density at radius 1 is 1.48 bits per heavy atom. The topological polar surface area (TPSA) is 73.6 Å². The molecule has 5 nitrogen and oxygen atoms in total. The lowest BCUT2D eigenvalue weighted by molar-refractivity contribution is -0.305. The summed E-state index contributed by atoms with van der Waals surface area (Å²) in [6, 6.07) is 3.62. The Morgan fingerprint density at radius 3 is 2.86 bits per heavy atom. The molecule has 0 N–H and O–H groups in total. The highest BCUT2D eigenvalue weighted by molar-refractivity contribution is 8.26. The molecule has 112 valence electrons. The van der Waals surface area contributed by atoms with Crippen LogP contribution in [-0.2, 0) is 9.59 Å². The number of thioether (sulfide) groups is 1. The summed E-state index contributed by atoms with van der Waals surface area (Å²) in [5.74, 6) is 0.157. The lowest BCUT2D eigenvalue weighted by Gasteiger charge is -2.14. The lowest BCUT2D eigenvalue weighted by atomic mass is 10.2. The normalized spacial score (nSPS) is 17.0. The highest BCUT2D eigenvalue weighted by Gasteiger charge is 2.31. The third-order valence-electron chi connectivity index (χ3n) is 2.92. The minimum absolute atomic E-state index is 0.00367. The van der Waals surface area contributed by atoms with E-state index in [1.54, 1.807) is 12.1 Å². The summed E-state index contributed by atoms with van der Waals surface area (Å²) >= 11 is 6.42. The van der Waals surface area contributed by atoms with E-state index in [-0.39, 0.29) is 12.3 Å². The zero-order chi connectivity index (χ0) is 15.4. The van der Waals surface area contributed by atoms with E-state index in [1.165, 1.54) is 16.7 Å². The maximum Gasteiger partial charge on any atom is 0.266 e. The van der Waals surface area contributed by atoms with E-state index in [0.29, 0.717) is 34.4 Å². The van der Waals surface area contributed by atoms with E-state index in [0.717, 1.165) is 5.76 Å². The van der Waals surface area contributed by atoms with Crippen LogP contribution in [0.1, 0.15) is 30.8 Å². The quantitative estimate of drug-likeness (QED) is 0.450. The Morgan fingerprint density at radius 2 is 2.24 bits per heavy atom. The first-order chi connectivity index (χ1) is 9.97. The van der Waals surface area contributed by atoms with Crippen molar-refractivity contribution in [1.82, 2.24) is 4.90 Å². The van der Waals surface area contributed by atoms with Crippen molar-refractivity contribution in [2.24, 2.45) is 0 Å². The number of aliphatic carboxylic acids is 1. The second-order valence-corrected chi connectivity index (χ2v) is 6.29. The maximum atomic E-state index is 12.2. The molecule has 0 unspecified atom stereocenters. The third kappa shape index (κ3) is 4.18. The molecule has 1 amide bonds. The number of carboxylic acids is 1. The molecule has 0 aliphatic carbocycles. The van der Waals surface area contributed by atoms with Crippen molar-refractivity contribution in [2.45, 2.75) is 26.2 Å². The molecule has 1 saturated heterocycles. The molecule has 1 fully saturated rings. The summed E-state index contributed by atoms with van der Waals surface area (Å²) in [6.07, 6.45) is 2.72. The van der Waals surface area contributed by atoms with E-state index < -0.39 is 5.97 Å². The fourth-order valence-corrected chi connectivity index (χ4v) is 3.18. The van der Waals surface area contributed by atoms with Gasteiger partial charge in [-0.1, -0.05) is 24.0 Å². The van der Waals surface area contributed by atoms with Crippen LogP contribution >= 0.6 is 24.0 Å². The van der Waals surface area contributed by atoms with Crippen molar-refractivity contribution in [3.8, 4) is 0 Å². The van der Waals surface area contributed by atoms with Gasteiger partial charge in [0.1, 0.15) is 15.8 Å². The third-order valence-corrected chi connectivity index (χ3v) is 4.30. The van der Waals surface area contributed by atoms with Crippen LogP contribution in [0.4, 0.5) is 0 Å². The van der Waals surface area contributed by atoms with Gasteiger partial charge in [0.05, 0.1) is 4.91 Å². The van der Waals surface area contributed by atoms with Crippen LogP contribution in [0.15, 0.2) is 21.5 Å². The zero-order valence-corrected chi connectivity index (χ0v) is 13.1. The maximum absolute atomic E-state index is 12.2. The molecule has 1 aromatic rings. The Bertz CT molecular complexity index is 606. The van der Waals surface area contributed by atoms with Gasteiger partial charge in [-0.3, -0.25) is 9.69 Å². The summed E-state index contributed by atoms with van der Waals surface area (Å²) in [5.41, 5.74) is 0. The fraction of sp³-hybridized carbons (Fsp3) is 0.357. The van der Waals surface area contributed by atoms with Gasteiger partial charge in [0.2, 0.25) is 0 Å². The van der Waals surface area contributed by atoms with Crippen molar-refractivity contribution >= 4 is 46.3 Å². The molecule has 2 heterocycles. The van der Waals surface area contributed by atoms with Gasteiger partial charge in [-0.2, -0.15) is 0 Å². The van der Waals surface area contributed by atoms with Gasteiger partial charge in [-0.15, -0.1) is 0 Å². The number of hydrogen-bond donors (Lipinski definition) is 0. The van der Waals surface area contributed by atoms with Crippen LogP contribution in [0.3, 0.4) is 0 Å². The van der Waals surface area contributed by atoms with E-state index in [1.807, 2.05) is 13.0 Å². The Kier molecular flexibility index (Phi) is 5.19. The molecule has 7 heteroatoms. The van der Waals surface area contributed by atoms with Crippen molar-refractivity contribution in [1.29, 1.82) is 0 Å². The highest BCUT2D eigenvalue weighted by Crippen LogP contribution is 2.32. The van der Waals surface area contributed by atoms with Gasteiger partial charge in [-0.05, 0) is 38.3 Å². The molecule has 21 heavy (non-hydrogen) atoms. The van der Waals surface area contributed by atoms with Crippen molar-refractivity contribution in [3.05, 3.63) is 28.6 Å². The van der Waals surface area contributed by atoms with Gasteiger partial charge in [0.15, 0.2) is 0 Å². The molecule has 2 rings (SSSR count). The number of furan rings is 1. The van der Waals surface area contributed by atoms with Gasteiger partial charge in [0, 0.05) is 18.6 Å². The number of aryl methyl sites for hydroxylation is 1. The number of rotatable bonds is 6. The predicted octanol–water partition coefficient (Wildman–Crippen LogP) is 1.71. The average molecular weight is 324 g/mol. The van der Waals surface area contributed by atoms with Gasteiger partial charge < -0.3 is 14.3 Å². The number of amides is 1. The monoisotopic (exact) mass is 324 g/mol. The van der Waals surface area contributed by atoms with E-state index in [4.69, 9.17) is 16.6 Å². The van der Waals surface area contributed by atoms with Crippen LogP contribution < -0.4 is 5.11 Å². The summed E-state index contributed by atoms with van der Waals surface area (Å²) in [6.45, 7) is 2.26. The van der Waals surface area contributed by atoms with E-state index in [2.05, 4.69) is 0 Å². The molecule has 0 aromatic carbocycles. The van der Waals surface area contributed by atoms with Gasteiger partial charge in [0.25, 0.3) is 5.91 Å². The first-order valence-electron chi connectivity index (χ1n) is 6.49. The van der Waals surface area contributed by atoms with Crippen LogP contribution in [0.5, 0.6) is 0 Å². The molecule has 0 spiro atoms. The van der Waals surface area contributed by atoms with E-state index in [9.17, 15) is 14.7 Å². The second-order valence-electron chi connectivity index (χ2n) is 4.61. The number of carboxylic acid groups (broad SMARTS) is 1. The molecule has 0 bridgehead atoms. The van der Waals surface area contributed by atoms with Crippen LogP contribution in [-0.4, -0.2) is 27.6 Å². The molecule has 0 saturated carbocycles. The molecule has 1 aliphatic heterocycles. The van der Waals surface area contributed by atoms with Crippen LogP contribution in [0, 0.1) is 6.92 Å². The molecular formula is C14H14NO4S2-. The molecule has 0 atom stereocenters. The van der Waals surface area contributed by atoms with Gasteiger partial charge in [-0.25, -0.2) is 0 Å². The first kappa shape index (κ1) is 15.8. The minimum Gasteiger partial charge on any atom is -0.550 e. The Balaban J connectivity index is 1.96. The number of nitrogens with zero attached hydrogens (tertiary/aromatic N) is 1. The first-order valence-corrected chi connectivity index (χ1v) is 7.71.